The highest BCUT2D eigenvalue weighted by molar-refractivity contribution is 7.99. The van der Waals surface area contributed by atoms with Crippen LogP contribution in [-0.2, 0) is 24.4 Å². The molecule has 0 atom stereocenters. The summed E-state index contributed by atoms with van der Waals surface area (Å²) in [6.07, 6.45) is 0.401. The van der Waals surface area contributed by atoms with E-state index in [0.29, 0.717) is 29.5 Å². The number of halogens is 1. The highest BCUT2D eigenvalue weighted by atomic mass is 32.2. The monoisotopic (exact) mass is 311 g/mol. The molecule has 21 heavy (non-hydrogen) atoms. The van der Waals surface area contributed by atoms with Crippen LogP contribution in [0.25, 0.3) is 0 Å². The van der Waals surface area contributed by atoms with Crippen molar-refractivity contribution in [2.24, 2.45) is 0 Å². The lowest BCUT2D eigenvalue weighted by Gasteiger charge is -2.09. The molecule has 0 saturated carbocycles. The number of carboxylic acids is 1. The van der Waals surface area contributed by atoms with Gasteiger partial charge in [0.05, 0.1) is 5.75 Å². The van der Waals surface area contributed by atoms with Crippen LogP contribution in [0, 0.1) is 5.82 Å². The Hall–Kier alpha value is -1.93. The van der Waals surface area contributed by atoms with Crippen molar-refractivity contribution in [2.45, 2.75) is 24.7 Å². The van der Waals surface area contributed by atoms with Gasteiger partial charge >= 0.3 is 5.97 Å². The van der Waals surface area contributed by atoms with Crippen LogP contribution < -0.4 is 0 Å². The molecule has 1 heterocycles. The van der Waals surface area contributed by atoms with Crippen LogP contribution in [0.5, 0.6) is 0 Å². The zero-order valence-electron chi connectivity index (χ0n) is 11.1. The summed E-state index contributed by atoms with van der Waals surface area (Å²) in [6.45, 7) is 0.0592. The fraction of sp³-hybridized carbons (Fsp3) is 0.308. The van der Waals surface area contributed by atoms with Gasteiger partial charge in [-0.25, -0.2) is 4.39 Å². The van der Waals surface area contributed by atoms with Crippen molar-refractivity contribution in [3.63, 3.8) is 0 Å². The number of aryl methyl sites for hydroxylation is 1. The molecule has 0 spiro atoms. The lowest BCUT2D eigenvalue weighted by molar-refractivity contribution is -0.133. The Bertz CT molecular complexity index is 633. The zero-order valence-corrected chi connectivity index (χ0v) is 11.9. The molecule has 0 fully saturated rings. The number of aliphatic hydroxyl groups is 1. The van der Waals surface area contributed by atoms with Gasteiger partial charge in [-0.05, 0) is 18.1 Å². The summed E-state index contributed by atoms with van der Waals surface area (Å²) in [5.41, 5.74) is 0.546. The highest BCUT2D eigenvalue weighted by Gasteiger charge is 2.14. The van der Waals surface area contributed by atoms with Gasteiger partial charge in [0.25, 0.3) is 0 Å². The SMILES string of the molecule is O=C(O)CSc1nnc(CO)n1CCc1ccccc1F. The average Bonchev–Trinajstić information content (AvgIpc) is 2.86. The number of rotatable bonds is 7. The highest BCUT2D eigenvalue weighted by Crippen LogP contribution is 2.18. The summed E-state index contributed by atoms with van der Waals surface area (Å²) in [5.74, 6) is -1.08. The van der Waals surface area contributed by atoms with E-state index in [1.165, 1.54) is 6.07 Å². The van der Waals surface area contributed by atoms with Gasteiger partial charge in [0.15, 0.2) is 11.0 Å². The van der Waals surface area contributed by atoms with Gasteiger partial charge in [-0.1, -0.05) is 30.0 Å². The fourth-order valence-corrected chi connectivity index (χ4v) is 2.53. The molecule has 0 aliphatic carbocycles. The Morgan fingerprint density at radius 1 is 1.33 bits per heavy atom. The van der Waals surface area contributed by atoms with Crippen molar-refractivity contribution in [3.8, 4) is 0 Å². The molecule has 0 aliphatic rings. The smallest absolute Gasteiger partial charge is 0.313 e. The maximum Gasteiger partial charge on any atom is 0.313 e. The second-order valence-corrected chi connectivity index (χ2v) is 5.17. The summed E-state index contributed by atoms with van der Waals surface area (Å²) in [6, 6.07) is 6.43. The minimum absolute atomic E-state index is 0.150. The lowest BCUT2D eigenvalue weighted by atomic mass is 10.1. The third-order valence-electron chi connectivity index (χ3n) is 2.82. The molecule has 2 aromatic rings. The summed E-state index contributed by atoms with van der Waals surface area (Å²) < 4.78 is 15.2. The van der Waals surface area contributed by atoms with E-state index in [-0.39, 0.29) is 18.2 Å². The molecular formula is C13H14FN3O3S. The van der Waals surface area contributed by atoms with E-state index in [2.05, 4.69) is 10.2 Å². The van der Waals surface area contributed by atoms with Crippen molar-refractivity contribution in [3.05, 3.63) is 41.5 Å². The van der Waals surface area contributed by atoms with Gasteiger partial charge in [0.1, 0.15) is 12.4 Å². The molecule has 0 amide bonds. The van der Waals surface area contributed by atoms with E-state index in [1.54, 1.807) is 22.8 Å². The largest absolute Gasteiger partial charge is 0.481 e. The number of aliphatic hydroxyl groups excluding tert-OH is 1. The van der Waals surface area contributed by atoms with Gasteiger partial charge in [-0.3, -0.25) is 4.79 Å². The predicted octanol–water partition coefficient (Wildman–Crippen LogP) is 1.33. The third-order valence-corrected chi connectivity index (χ3v) is 3.77. The Balaban J connectivity index is 2.12. The first-order valence-corrected chi connectivity index (χ1v) is 7.21. The summed E-state index contributed by atoms with van der Waals surface area (Å²) in [7, 11) is 0. The number of hydrogen-bond donors (Lipinski definition) is 2. The Labute approximate surface area is 124 Å². The molecule has 0 saturated heterocycles. The number of aliphatic carboxylic acids is 1. The van der Waals surface area contributed by atoms with Crippen LogP contribution >= 0.6 is 11.8 Å². The number of benzene rings is 1. The van der Waals surface area contributed by atoms with Crippen molar-refractivity contribution in [1.29, 1.82) is 0 Å². The van der Waals surface area contributed by atoms with E-state index in [0.717, 1.165) is 11.8 Å². The Morgan fingerprint density at radius 2 is 2.10 bits per heavy atom. The quantitative estimate of drug-likeness (QED) is 0.750. The first-order valence-electron chi connectivity index (χ1n) is 6.22. The third kappa shape index (κ3) is 4.02. The maximum atomic E-state index is 13.6. The molecule has 1 aromatic carbocycles. The number of thioether (sulfide) groups is 1. The molecule has 6 nitrogen and oxygen atoms in total. The van der Waals surface area contributed by atoms with E-state index in [9.17, 15) is 14.3 Å². The number of nitrogens with zero attached hydrogens (tertiary/aromatic N) is 3. The van der Waals surface area contributed by atoms with Crippen LogP contribution in [0.15, 0.2) is 29.4 Å². The van der Waals surface area contributed by atoms with Crippen molar-refractivity contribution in [2.75, 3.05) is 5.75 Å². The molecule has 2 rings (SSSR count). The van der Waals surface area contributed by atoms with Crippen LogP contribution in [0.1, 0.15) is 11.4 Å². The molecule has 0 radical (unpaired) electrons. The average molecular weight is 311 g/mol. The molecule has 0 unspecified atom stereocenters. The van der Waals surface area contributed by atoms with Gasteiger partial charge < -0.3 is 14.8 Å². The van der Waals surface area contributed by atoms with Crippen molar-refractivity contribution in [1.82, 2.24) is 14.8 Å². The number of hydrogen-bond acceptors (Lipinski definition) is 5. The molecule has 112 valence electrons. The molecule has 2 N–H and O–H groups in total. The molecular weight excluding hydrogens is 297 g/mol. The van der Waals surface area contributed by atoms with Crippen LogP contribution in [0.2, 0.25) is 0 Å². The summed E-state index contributed by atoms with van der Waals surface area (Å²) in [5, 5.41) is 26.0. The molecule has 0 bridgehead atoms. The van der Waals surface area contributed by atoms with Gasteiger partial charge in [-0.15, -0.1) is 10.2 Å². The first kappa shape index (κ1) is 15.5. The van der Waals surface area contributed by atoms with Crippen molar-refractivity contribution >= 4 is 17.7 Å². The minimum Gasteiger partial charge on any atom is -0.481 e. The minimum atomic E-state index is -0.964. The van der Waals surface area contributed by atoms with E-state index in [4.69, 9.17) is 5.11 Å². The van der Waals surface area contributed by atoms with Crippen LogP contribution in [0.4, 0.5) is 4.39 Å². The van der Waals surface area contributed by atoms with Crippen LogP contribution in [0.3, 0.4) is 0 Å². The standard InChI is InChI=1S/C13H14FN3O3S/c14-10-4-2-1-3-9(10)5-6-17-11(7-18)15-16-13(17)21-8-12(19)20/h1-4,18H,5-8H2,(H,19,20). The summed E-state index contributed by atoms with van der Waals surface area (Å²) >= 11 is 1.02. The van der Waals surface area contributed by atoms with Gasteiger partial charge in [0.2, 0.25) is 0 Å². The Morgan fingerprint density at radius 3 is 2.76 bits per heavy atom. The summed E-state index contributed by atoms with van der Waals surface area (Å²) in [4.78, 5) is 10.6. The molecule has 0 aliphatic heterocycles. The van der Waals surface area contributed by atoms with E-state index in [1.807, 2.05) is 0 Å². The maximum absolute atomic E-state index is 13.6. The van der Waals surface area contributed by atoms with Gasteiger partial charge in [-0.2, -0.15) is 0 Å². The van der Waals surface area contributed by atoms with Gasteiger partial charge in [0, 0.05) is 6.54 Å². The Kier molecular flexibility index (Phi) is 5.29. The topological polar surface area (TPSA) is 88.2 Å². The normalized spacial score (nSPS) is 10.8. The number of aromatic nitrogens is 3. The second kappa shape index (κ2) is 7.19. The van der Waals surface area contributed by atoms with E-state index >= 15 is 0 Å². The first-order chi connectivity index (χ1) is 10.1. The number of carbonyl (C=O) groups is 1. The second-order valence-electron chi connectivity index (χ2n) is 4.23. The van der Waals surface area contributed by atoms with Crippen molar-refractivity contribution < 1.29 is 19.4 Å². The van der Waals surface area contributed by atoms with E-state index < -0.39 is 5.97 Å². The fourth-order valence-electron chi connectivity index (χ4n) is 1.83. The predicted molar refractivity (Wildman–Crippen MR) is 74.4 cm³/mol. The lowest BCUT2D eigenvalue weighted by Crippen LogP contribution is -2.09. The molecule has 8 heteroatoms. The molecule has 1 aromatic heterocycles. The van der Waals surface area contributed by atoms with Crippen LogP contribution in [-0.4, -0.2) is 36.7 Å². The zero-order chi connectivity index (χ0) is 15.2. The number of carboxylic acid groups (broad SMARTS) is 1.